The number of benzene rings is 2. The van der Waals surface area contributed by atoms with E-state index in [1.54, 1.807) is 48.5 Å². The fraction of sp³-hybridized carbons (Fsp3) is 0.407. The van der Waals surface area contributed by atoms with Crippen molar-refractivity contribution in [1.82, 2.24) is 0 Å². The Hall–Kier alpha value is -2.44. The minimum absolute atomic E-state index is 0.0137. The zero-order valence-corrected chi connectivity index (χ0v) is 21.3. The molecule has 5 nitrogen and oxygen atoms in total. The molecule has 1 unspecified atom stereocenters. The summed E-state index contributed by atoms with van der Waals surface area (Å²) in [6.07, 6.45) is 9.54. The summed E-state index contributed by atoms with van der Waals surface area (Å²) in [7, 11) is 0. The summed E-state index contributed by atoms with van der Waals surface area (Å²) in [6.45, 7) is 4.09. The molecule has 0 fully saturated rings. The van der Waals surface area contributed by atoms with Gasteiger partial charge in [0, 0.05) is 16.8 Å². The number of hydrogen-bond donors (Lipinski definition) is 1. The third kappa shape index (κ3) is 8.10. The molecule has 0 saturated carbocycles. The summed E-state index contributed by atoms with van der Waals surface area (Å²) in [4.78, 5) is 24.5. The first-order valence-electron chi connectivity index (χ1n) is 11.8. The van der Waals surface area contributed by atoms with Crippen molar-refractivity contribution in [2.24, 2.45) is 0 Å². The number of rotatable bonds is 13. The SMILES string of the molecule is CCCCCCCCC1(C)SC(=O)C=C1OCC(=O)Nc1ccc(Oc2ccc(Cl)cc2)cc1. The number of halogens is 1. The second-order valence-corrected chi connectivity index (χ2v) is 10.5. The predicted octanol–water partition coefficient (Wildman–Crippen LogP) is 7.75. The molecular weight excluding hydrogens is 470 g/mol. The molecule has 1 aliphatic rings. The lowest BCUT2D eigenvalue weighted by Gasteiger charge is -2.26. The molecule has 1 heterocycles. The molecule has 0 spiro atoms. The van der Waals surface area contributed by atoms with Gasteiger partial charge in [-0.05, 0) is 61.9 Å². The Kier molecular flexibility index (Phi) is 9.90. The van der Waals surface area contributed by atoms with Crippen LogP contribution in [0.5, 0.6) is 11.5 Å². The van der Waals surface area contributed by atoms with Crippen molar-refractivity contribution in [2.75, 3.05) is 11.9 Å². The van der Waals surface area contributed by atoms with Crippen molar-refractivity contribution in [3.05, 3.63) is 65.4 Å². The highest BCUT2D eigenvalue weighted by atomic mass is 35.5. The van der Waals surface area contributed by atoms with Crippen LogP contribution >= 0.6 is 23.4 Å². The van der Waals surface area contributed by atoms with Crippen molar-refractivity contribution in [2.45, 2.75) is 63.5 Å². The van der Waals surface area contributed by atoms with Crippen molar-refractivity contribution in [1.29, 1.82) is 0 Å². The Bertz CT molecular complexity index is 991. The van der Waals surface area contributed by atoms with E-state index in [1.165, 1.54) is 43.5 Å². The lowest BCUT2D eigenvalue weighted by molar-refractivity contribution is -0.119. The largest absolute Gasteiger partial charge is 0.486 e. The zero-order valence-electron chi connectivity index (χ0n) is 19.8. The van der Waals surface area contributed by atoms with Gasteiger partial charge in [-0.25, -0.2) is 0 Å². The van der Waals surface area contributed by atoms with E-state index < -0.39 is 4.75 Å². The first kappa shape index (κ1) is 26.2. The highest BCUT2D eigenvalue weighted by molar-refractivity contribution is 8.15. The topological polar surface area (TPSA) is 64.6 Å². The van der Waals surface area contributed by atoms with Gasteiger partial charge in [0.15, 0.2) is 6.61 Å². The third-order valence-electron chi connectivity index (χ3n) is 5.65. The van der Waals surface area contributed by atoms with Crippen molar-refractivity contribution in [3.8, 4) is 11.5 Å². The third-order valence-corrected chi connectivity index (χ3v) is 7.08. The van der Waals surface area contributed by atoms with Crippen LogP contribution in [0.15, 0.2) is 60.4 Å². The Morgan fingerprint density at radius 3 is 2.26 bits per heavy atom. The predicted molar refractivity (Wildman–Crippen MR) is 140 cm³/mol. The minimum Gasteiger partial charge on any atom is -0.486 e. The van der Waals surface area contributed by atoms with Crippen LogP contribution in [-0.4, -0.2) is 22.4 Å². The maximum Gasteiger partial charge on any atom is 0.262 e. The number of thioether (sulfide) groups is 1. The molecule has 1 amide bonds. The molecule has 0 saturated heterocycles. The van der Waals surface area contributed by atoms with Crippen LogP contribution in [0, 0.1) is 0 Å². The van der Waals surface area contributed by atoms with Crippen LogP contribution in [-0.2, 0) is 14.3 Å². The van der Waals surface area contributed by atoms with Gasteiger partial charge in [-0.1, -0.05) is 68.8 Å². The van der Waals surface area contributed by atoms with E-state index in [-0.39, 0.29) is 17.6 Å². The maximum atomic E-state index is 12.4. The normalized spacial score (nSPS) is 17.4. The maximum absolute atomic E-state index is 12.4. The number of hydrogen-bond acceptors (Lipinski definition) is 5. The van der Waals surface area contributed by atoms with E-state index in [1.807, 2.05) is 6.92 Å². The van der Waals surface area contributed by atoms with Gasteiger partial charge >= 0.3 is 0 Å². The Labute approximate surface area is 211 Å². The summed E-state index contributed by atoms with van der Waals surface area (Å²) in [6, 6.07) is 14.2. The van der Waals surface area contributed by atoms with Crippen LogP contribution in [0.1, 0.15) is 58.8 Å². The number of unbranched alkanes of at least 4 members (excludes halogenated alkanes) is 5. The fourth-order valence-electron chi connectivity index (χ4n) is 3.76. The summed E-state index contributed by atoms with van der Waals surface area (Å²) in [5, 5.41) is 3.45. The van der Waals surface area contributed by atoms with E-state index in [0.29, 0.717) is 28.0 Å². The highest BCUT2D eigenvalue weighted by Gasteiger charge is 2.39. The van der Waals surface area contributed by atoms with Crippen LogP contribution in [0.4, 0.5) is 5.69 Å². The fourth-order valence-corrected chi connectivity index (χ4v) is 4.96. The van der Waals surface area contributed by atoms with Crippen LogP contribution in [0.2, 0.25) is 5.02 Å². The second kappa shape index (κ2) is 12.9. The molecule has 2 aromatic carbocycles. The molecule has 7 heteroatoms. The van der Waals surface area contributed by atoms with Crippen LogP contribution < -0.4 is 10.1 Å². The van der Waals surface area contributed by atoms with Crippen LogP contribution in [0.25, 0.3) is 0 Å². The average molecular weight is 502 g/mol. The summed E-state index contributed by atoms with van der Waals surface area (Å²) >= 11 is 7.18. The quantitative estimate of drug-likeness (QED) is 0.284. The average Bonchev–Trinajstić information content (AvgIpc) is 3.10. The summed E-state index contributed by atoms with van der Waals surface area (Å²) < 4.78 is 11.2. The van der Waals surface area contributed by atoms with E-state index in [2.05, 4.69) is 12.2 Å². The molecular formula is C27H32ClNO4S. The molecule has 1 N–H and O–H groups in total. The molecule has 1 atom stereocenters. The van der Waals surface area contributed by atoms with Gasteiger partial charge in [0.05, 0.1) is 4.75 Å². The lowest BCUT2D eigenvalue weighted by atomic mass is 9.99. The molecule has 0 radical (unpaired) electrons. The Balaban J connectivity index is 1.45. The van der Waals surface area contributed by atoms with Crippen molar-refractivity contribution in [3.63, 3.8) is 0 Å². The number of carbonyl (C=O) groups excluding carboxylic acids is 2. The summed E-state index contributed by atoms with van der Waals surface area (Å²) in [5.41, 5.74) is 0.637. The summed E-state index contributed by atoms with van der Waals surface area (Å²) in [5.74, 6) is 1.64. The number of amides is 1. The first-order valence-corrected chi connectivity index (χ1v) is 13.0. The smallest absolute Gasteiger partial charge is 0.262 e. The number of anilines is 1. The first-order chi connectivity index (χ1) is 16.4. The van der Waals surface area contributed by atoms with Crippen LogP contribution in [0.3, 0.4) is 0 Å². The number of carbonyl (C=O) groups is 2. The molecule has 34 heavy (non-hydrogen) atoms. The van der Waals surface area contributed by atoms with E-state index >= 15 is 0 Å². The standard InChI is InChI=1S/C27H32ClNO4S/c1-3-4-5-6-7-8-17-27(2)24(18-26(31)34-27)32-19-25(30)29-21-11-15-23(16-12-21)33-22-13-9-20(28)10-14-22/h9-16,18H,3-8,17,19H2,1-2H3,(H,29,30). The van der Waals surface area contributed by atoms with Gasteiger partial charge in [-0.2, -0.15) is 0 Å². The van der Waals surface area contributed by atoms with Gasteiger partial charge < -0.3 is 14.8 Å². The number of nitrogens with one attached hydrogen (secondary N) is 1. The van der Waals surface area contributed by atoms with Crippen molar-refractivity contribution < 1.29 is 19.1 Å². The van der Waals surface area contributed by atoms with E-state index in [4.69, 9.17) is 21.1 Å². The second-order valence-electron chi connectivity index (χ2n) is 8.60. The van der Waals surface area contributed by atoms with Gasteiger partial charge in [-0.3, -0.25) is 9.59 Å². The monoisotopic (exact) mass is 501 g/mol. The molecule has 182 valence electrons. The molecule has 0 aromatic heterocycles. The van der Waals surface area contributed by atoms with Gasteiger partial charge in [0.25, 0.3) is 5.91 Å². The van der Waals surface area contributed by atoms with Crippen molar-refractivity contribution >= 4 is 40.1 Å². The van der Waals surface area contributed by atoms with Gasteiger partial charge in [0.1, 0.15) is 17.3 Å². The number of ether oxygens (including phenoxy) is 2. The molecule has 1 aliphatic heterocycles. The highest BCUT2D eigenvalue weighted by Crippen LogP contribution is 2.44. The lowest BCUT2D eigenvalue weighted by Crippen LogP contribution is -2.26. The molecule has 3 rings (SSSR count). The molecule has 0 aliphatic carbocycles. The molecule has 0 bridgehead atoms. The van der Waals surface area contributed by atoms with E-state index in [0.717, 1.165) is 19.3 Å². The van der Waals surface area contributed by atoms with Gasteiger partial charge in [0.2, 0.25) is 5.12 Å². The zero-order chi connectivity index (χ0) is 24.4. The van der Waals surface area contributed by atoms with Gasteiger partial charge in [-0.15, -0.1) is 0 Å². The Morgan fingerprint density at radius 1 is 0.971 bits per heavy atom. The minimum atomic E-state index is -0.400. The Morgan fingerprint density at radius 2 is 1.59 bits per heavy atom. The molecule has 2 aromatic rings. The van der Waals surface area contributed by atoms with E-state index in [9.17, 15) is 9.59 Å².